The Kier molecular flexibility index (Phi) is 3.97. The SMILES string of the molecule is [N-]=[N+]=NCC1CC(=O)N(c2ccc(I)c(F)n2)C1. The number of carbonyl (C=O) groups is 1. The highest BCUT2D eigenvalue weighted by Gasteiger charge is 2.31. The molecule has 6 nitrogen and oxygen atoms in total. The topological polar surface area (TPSA) is 82.0 Å². The molecular formula is C10H9FIN5O. The van der Waals surface area contributed by atoms with Gasteiger partial charge in [0.25, 0.3) is 0 Å². The van der Waals surface area contributed by atoms with Gasteiger partial charge in [0.1, 0.15) is 5.82 Å². The number of halogens is 2. The molecule has 8 heteroatoms. The van der Waals surface area contributed by atoms with Crippen molar-refractivity contribution < 1.29 is 9.18 Å². The number of aromatic nitrogens is 1. The van der Waals surface area contributed by atoms with E-state index in [-0.39, 0.29) is 18.4 Å². The number of azide groups is 1. The first-order valence-corrected chi connectivity index (χ1v) is 6.33. The lowest BCUT2D eigenvalue weighted by atomic mass is 10.1. The van der Waals surface area contributed by atoms with Crippen molar-refractivity contribution in [1.82, 2.24) is 4.98 Å². The van der Waals surface area contributed by atoms with Gasteiger partial charge in [-0.15, -0.1) is 0 Å². The van der Waals surface area contributed by atoms with E-state index in [0.717, 1.165) is 0 Å². The number of amides is 1. The summed E-state index contributed by atoms with van der Waals surface area (Å²) in [5.74, 6) is -0.431. The van der Waals surface area contributed by atoms with E-state index in [2.05, 4.69) is 15.0 Å². The fourth-order valence-corrected chi connectivity index (χ4v) is 2.14. The molecule has 0 spiro atoms. The van der Waals surface area contributed by atoms with Crippen LogP contribution in [0.15, 0.2) is 17.2 Å². The van der Waals surface area contributed by atoms with E-state index < -0.39 is 5.95 Å². The van der Waals surface area contributed by atoms with Crippen molar-refractivity contribution in [2.45, 2.75) is 6.42 Å². The second-order valence-electron chi connectivity index (χ2n) is 3.93. The molecule has 0 N–H and O–H groups in total. The van der Waals surface area contributed by atoms with Crippen LogP contribution in [-0.2, 0) is 4.79 Å². The van der Waals surface area contributed by atoms with Gasteiger partial charge in [0.2, 0.25) is 11.9 Å². The second kappa shape index (κ2) is 5.49. The number of hydrogen-bond acceptors (Lipinski definition) is 3. The molecule has 0 bridgehead atoms. The summed E-state index contributed by atoms with van der Waals surface area (Å²) in [7, 11) is 0. The minimum Gasteiger partial charge on any atom is -0.296 e. The number of rotatable bonds is 3. The van der Waals surface area contributed by atoms with E-state index in [0.29, 0.717) is 22.4 Å². The maximum absolute atomic E-state index is 13.3. The van der Waals surface area contributed by atoms with Crippen LogP contribution >= 0.6 is 22.6 Å². The van der Waals surface area contributed by atoms with E-state index in [1.807, 2.05) is 22.6 Å². The van der Waals surface area contributed by atoms with Crippen LogP contribution in [0.25, 0.3) is 10.4 Å². The van der Waals surface area contributed by atoms with Crippen molar-refractivity contribution in [1.29, 1.82) is 0 Å². The molecule has 1 fully saturated rings. The fourth-order valence-electron chi connectivity index (χ4n) is 1.84. The van der Waals surface area contributed by atoms with Gasteiger partial charge < -0.3 is 0 Å². The van der Waals surface area contributed by atoms with Gasteiger partial charge in [-0.3, -0.25) is 9.69 Å². The van der Waals surface area contributed by atoms with Crippen LogP contribution in [0.4, 0.5) is 10.2 Å². The van der Waals surface area contributed by atoms with Crippen LogP contribution in [0.2, 0.25) is 0 Å². The van der Waals surface area contributed by atoms with E-state index in [4.69, 9.17) is 5.53 Å². The van der Waals surface area contributed by atoms with Gasteiger partial charge in [-0.2, -0.15) is 4.39 Å². The summed E-state index contributed by atoms with van der Waals surface area (Å²) in [6.45, 7) is 0.677. The molecule has 1 atom stereocenters. The lowest BCUT2D eigenvalue weighted by Gasteiger charge is -2.15. The van der Waals surface area contributed by atoms with Gasteiger partial charge >= 0.3 is 0 Å². The molecule has 1 aliphatic heterocycles. The van der Waals surface area contributed by atoms with Crippen molar-refractivity contribution in [3.8, 4) is 0 Å². The van der Waals surface area contributed by atoms with Crippen molar-refractivity contribution in [2.75, 3.05) is 18.0 Å². The van der Waals surface area contributed by atoms with Crippen molar-refractivity contribution >= 4 is 34.3 Å². The van der Waals surface area contributed by atoms with Crippen molar-refractivity contribution in [2.24, 2.45) is 11.0 Å². The maximum Gasteiger partial charge on any atom is 0.228 e. The lowest BCUT2D eigenvalue weighted by molar-refractivity contribution is -0.117. The molecule has 0 aromatic carbocycles. The van der Waals surface area contributed by atoms with Crippen LogP contribution in [-0.4, -0.2) is 24.0 Å². The van der Waals surface area contributed by atoms with Gasteiger partial charge in [0, 0.05) is 24.4 Å². The summed E-state index contributed by atoms with van der Waals surface area (Å²) in [4.78, 5) is 19.6. The van der Waals surface area contributed by atoms with E-state index in [1.54, 1.807) is 12.1 Å². The highest BCUT2D eigenvalue weighted by atomic mass is 127. The van der Waals surface area contributed by atoms with Crippen molar-refractivity contribution in [3.63, 3.8) is 0 Å². The molecule has 18 heavy (non-hydrogen) atoms. The van der Waals surface area contributed by atoms with E-state index >= 15 is 0 Å². The Hall–Kier alpha value is -1.41. The van der Waals surface area contributed by atoms with Gasteiger partial charge in [0.05, 0.1) is 3.57 Å². The van der Waals surface area contributed by atoms with E-state index in [9.17, 15) is 9.18 Å². The first kappa shape index (κ1) is 13.0. The average molecular weight is 361 g/mol. The van der Waals surface area contributed by atoms with Gasteiger partial charge in [0.15, 0.2) is 0 Å². The molecule has 2 heterocycles. The molecule has 94 valence electrons. The largest absolute Gasteiger partial charge is 0.296 e. The van der Waals surface area contributed by atoms with Crippen LogP contribution in [0.1, 0.15) is 6.42 Å². The molecule has 0 aliphatic carbocycles. The molecule has 1 unspecified atom stereocenters. The third kappa shape index (κ3) is 2.70. The third-order valence-electron chi connectivity index (χ3n) is 2.67. The molecule has 1 aromatic heterocycles. The predicted octanol–water partition coefficient (Wildman–Crippen LogP) is 2.49. The zero-order valence-corrected chi connectivity index (χ0v) is 11.4. The van der Waals surface area contributed by atoms with Crippen LogP contribution in [0, 0.1) is 15.4 Å². The van der Waals surface area contributed by atoms with Gasteiger partial charge in [-0.05, 0) is 46.2 Å². The average Bonchev–Trinajstić information content (AvgIpc) is 2.71. The Bertz CT molecular complexity index is 531. The minimum atomic E-state index is -0.584. The summed E-state index contributed by atoms with van der Waals surface area (Å²) in [6, 6.07) is 3.19. The molecule has 2 rings (SSSR count). The Morgan fingerprint density at radius 1 is 1.67 bits per heavy atom. The Morgan fingerprint density at radius 2 is 2.44 bits per heavy atom. The van der Waals surface area contributed by atoms with Crippen LogP contribution < -0.4 is 4.90 Å². The summed E-state index contributed by atoms with van der Waals surface area (Å²) >= 11 is 1.84. The quantitative estimate of drug-likeness (QED) is 0.273. The normalized spacial score (nSPS) is 18.9. The highest BCUT2D eigenvalue weighted by Crippen LogP contribution is 2.24. The van der Waals surface area contributed by atoms with Crippen molar-refractivity contribution in [3.05, 3.63) is 32.1 Å². The zero-order chi connectivity index (χ0) is 13.1. The Labute approximate surface area is 116 Å². The first-order chi connectivity index (χ1) is 8.61. The summed E-state index contributed by atoms with van der Waals surface area (Å²) in [6.07, 6.45) is 0.300. The third-order valence-corrected chi connectivity index (χ3v) is 3.48. The standard InChI is InChI=1S/C10H9FIN5O/c11-10-7(12)1-2-8(15-10)17-5-6(3-9(17)18)4-14-16-13/h1-2,6H,3-5H2. The molecule has 1 aromatic rings. The predicted molar refractivity (Wildman–Crippen MR) is 71.4 cm³/mol. The summed E-state index contributed by atoms with van der Waals surface area (Å²) < 4.78 is 13.7. The number of nitrogens with zero attached hydrogens (tertiary/aromatic N) is 5. The lowest BCUT2D eigenvalue weighted by Crippen LogP contribution is -2.26. The Balaban J connectivity index is 2.16. The zero-order valence-electron chi connectivity index (χ0n) is 9.25. The van der Waals surface area contributed by atoms with Crippen LogP contribution in [0.3, 0.4) is 0 Å². The second-order valence-corrected chi connectivity index (χ2v) is 5.09. The summed E-state index contributed by atoms with van der Waals surface area (Å²) in [5.41, 5.74) is 8.24. The number of pyridine rings is 1. The Morgan fingerprint density at radius 3 is 3.11 bits per heavy atom. The maximum atomic E-state index is 13.3. The number of hydrogen-bond donors (Lipinski definition) is 0. The minimum absolute atomic E-state index is 0.0301. The highest BCUT2D eigenvalue weighted by molar-refractivity contribution is 14.1. The van der Waals surface area contributed by atoms with Gasteiger partial charge in [-0.1, -0.05) is 5.11 Å². The molecule has 0 radical (unpaired) electrons. The smallest absolute Gasteiger partial charge is 0.228 e. The molecular weight excluding hydrogens is 352 g/mol. The fraction of sp³-hybridized carbons (Fsp3) is 0.400. The van der Waals surface area contributed by atoms with Gasteiger partial charge in [-0.25, -0.2) is 4.98 Å². The van der Waals surface area contributed by atoms with Crippen LogP contribution in [0.5, 0.6) is 0 Å². The number of carbonyl (C=O) groups excluding carboxylic acids is 1. The number of anilines is 1. The van der Waals surface area contributed by atoms with E-state index in [1.165, 1.54) is 4.90 Å². The molecule has 1 saturated heterocycles. The molecule has 0 saturated carbocycles. The monoisotopic (exact) mass is 361 g/mol. The molecule has 1 aliphatic rings. The molecule has 1 amide bonds. The summed E-state index contributed by atoms with van der Waals surface area (Å²) in [5, 5.41) is 3.45. The first-order valence-electron chi connectivity index (χ1n) is 5.25.